The van der Waals surface area contributed by atoms with Gasteiger partial charge in [0.25, 0.3) is 5.91 Å². The fraction of sp³-hybridized carbons (Fsp3) is 0.261. The number of methoxy groups -OCH3 is 1. The number of carbonyl (C=O) groups is 1. The first kappa shape index (κ1) is 20.4. The molecule has 3 aromatic rings. The monoisotopic (exact) mass is 424 g/mol. The highest BCUT2D eigenvalue weighted by atomic mass is 32.2. The number of sulfonamides is 1. The Morgan fingerprint density at radius 2 is 1.77 bits per heavy atom. The second kappa shape index (κ2) is 8.45. The first-order valence-electron chi connectivity index (χ1n) is 9.94. The minimum absolute atomic E-state index is 0.112. The van der Waals surface area contributed by atoms with Crippen LogP contribution in [0, 0.1) is 0 Å². The summed E-state index contributed by atoms with van der Waals surface area (Å²) in [7, 11) is -2.15. The molecule has 0 aliphatic carbocycles. The van der Waals surface area contributed by atoms with Crippen molar-refractivity contribution in [3.8, 4) is 5.75 Å². The van der Waals surface area contributed by atoms with Gasteiger partial charge in [0, 0.05) is 19.6 Å². The number of carbonyl (C=O) groups excluding carboxylic acids is 1. The predicted octanol–water partition coefficient (Wildman–Crippen LogP) is 3.56. The number of nitrogens with one attached hydrogen (secondary N) is 1. The summed E-state index contributed by atoms with van der Waals surface area (Å²) in [5.41, 5.74) is 1.19. The summed E-state index contributed by atoms with van der Waals surface area (Å²) < 4.78 is 32.6. The summed E-state index contributed by atoms with van der Waals surface area (Å²) in [6.07, 6.45) is 1.71. The summed E-state index contributed by atoms with van der Waals surface area (Å²) >= 11 is 0. The van der Waals surface area contributed by atoms with E-state index in [0.717, 1.165) is 29.2 Å². The topological polar surface area (TPSA) is 75.7 Å². The van der Waals surface area contributed by atoms with Crippen LogP contribution in [0.4, 0.5) is 0 Å². The third kappa shape index (κ3) is 3.91. The van der Waals surface area contributed by atoms with Crippen molar-refractivity contribution in [2.75, 3.05) is 20.2 Å². The van der Waals surface area contributed by atoms with Gasteiger partial charge in [0.05, 0.1) is 17.6 Å². The van der Waals surface area contributed by atoms with Gasteiger partial charge >= 0.3 is 0 Å². The quantitative estimate of drug-likeness (QED) is 0.657. The van der Waals surface area contributed by atoms with E-state index in [1.54, 1.807) is 0 Å². The van der Waals surface area contributed by atoms with Gasteiger partial charge in [-0.25, -0.2) is 8.42 Å². The Hall–Kier alpha value is -2.90. The van der Waals surface area contributed by atoms with Gasteiger partial charge in [-0.2, -0.15) is 4.31 Å². The second-order valence-electron chi connectivity index (χ2n) is 7.29. The van der Waals surface area contributed by atoms with E-state index in [1.807, 2.05) is 42.5 Å². The third-order valence-corrected chi connectivity index (χ3v) is 7.33. The van der Waals surface area contributed by atoms with Crippen molar-refractivity contribution in [2.24, 2.45) is 0 Å². The lowest BCUT2D eigenvalue weighted by Gasteiger charge is -2.17. The van der Waals surface area contributed by atoms with Gasteiger partial charge in [0.15, 0.2) is 0 Å². The summed E-state index contributed by atoms with van der Waals surface area (Å²) in [5, 5.41) is 5.07. The maximum Gasteiger partial charge on any atom is 0.255 e. The number of ether oxygens (including phenoxy) is 1. The van der Waals surface area contributed by atoms with E-state index in [1.165, 1.54) is 29.6 Å². The molecule has 1 N–H and O–H groups in total. The van der Waals surface area contributed by atoms with Crippen LogP contribution in [0.1, 0.15) is 28.8 Å². The SMILES string of the molecule is COc1ccc(S(=O)(=O)N2CCCC2)cc1C(=O)NCc1cccc2ccccc12. The highest BCUT2D eigenvalue weighted by molar-refractivity contribution is 7.89. The molecule has 0 saturated carbocycles. The van der Waals surface area contributed by atoms with Crippen LogP contribution in [-0.2, 0) is 16.6 Å². The molecular weight excluding hydrogens is 400 g/mol. The molecular formula is C23H24N2O4S. The lowest BCUT2D eigenvalue weighted by Crippen LogP contribution is -2.28. The molecule has 4 rings (SSSR count). The molecule has 0 bridgehead atoms. The Morgan fingerprint density at radius 3 is 2.53 bits per heavy atom. The number of benzene rings is 3. The molecule has 1 aliphatic heterocycles. The zero-order valence-electron chi connectivity index (χ0n) is 16.8. The van der Waals surface area contributed by atoms with Crippen LogP contribution in [-0.4, -0.2) is 38.8 Å². The maximum atomic E-state index is 12.9. The average molecular weight is 425 g/mol. The lowest BCUT2D eigenvalue weighted by molar-refractivity contribution is 0.0948. The van der Waals surface area contributed by atoms with Crippen LogP contribution in [0.3, 0.4) is 0 Å². The maximum absolute atomic E-state index is 12.9. The summed E-state index contributed by atoms with van der Waals surface area (Å²) in [6, 6.07) is 18.4. The van der Waals surface area contributed by atoms with Crippen LogP contribution in [0.5, 0.6) is 5.75 Å². The molecule has 3 aromatic carbocycles. The van der Waals surface area contributed by atoms with Gasteiger partial charge in [-0.1, -0.05) is 42.5 Å². The molecule has 1 amide bonds. The zero-order valence-corrected chi connectivity index (χ0v) is 17.6. The van der Waals surface area contributed by atoms with E-state index in [-0.39, 0.29) is 16.4 Å². The second-order valence-corrected chi connectivity index (χ2v) is 9.23. The number of hydrogen-bond acceptors (Lipinski definition) is 4. The van der Waals surface area contributed by atoms with Gasteiger partial charge in [-0.15, -0.1) is 0 Å². The molecule has 1 aliphatic rings. The van der Waals surface area contributed by atoms with E-state index >= 15 is 0 Å². The highest BCUT2D eigenvalue weighted by Crippen LogP contribution is 2.27. The largest absolute Gasteiger partial charge is 0.496 e. The van der Waals surface area contributed by atoms with Crippen LogP contribution in [0.15, 0.2) is 65.6 Å². The number of nitrogens with zero attached hydrogens (tertiary/aromatic N) is 1. The van der Waals surface area contributed by atoms with E-state index < -0.39 is 10.0 Å². The van der Waals surface area contributed by atoms with Crippen molar-refractivity contribution < 1.29 is 17.9 Å². The van der Waals surface area contributed by atoms with Gasteiger partial charge in [0.2, 0.25) is 10.0 Å². The predicted molar refractivity (Wildman–Crippen MR) is 116 cm³/mol. The highest BCUT2D eigenvalue weighted by Gasteiger charge is 2.28. The van der Waals surface area contributed by atoms with Crippen molar-refractivity contribution in [1.82, 2.24) is 9.62 Å². The van der Waals surface area contributed by atoms with E-state index in [4.69, 9.17) is 4.74 Å². The molecule has 0 spiro atoms. The summed E-state index contributed by atoms with van der Waals surface area (Å²) in [4.78, 5) is 13.0. The fourth-order valence-electron chi connectivity index (χ4n) is 3.82. The Morgan fingerprint density at radius 1 is 1.03 bits per heavy atom. The van der Waals surface area contributed by atoms with Gasteiger partial charge < -0.3 is 10.1 Å². The van der Waals surface area contributed by atoms with E-state index in [0.29, 0.717) is 25.4 Å². The van der Waals surface area contributed by atoms with E-state index in [9.17, 15) is 13.2 Å². The molecule has 156 valence electrons. The van der Waals surface area contributed by atoms with Gasteiger partial charge in [-0.3, -0.25) is 4.79 Å². The number of amides is 1. The normalized spacial score (nSPS) is 14.7. The van der Waals surface area contributed by atoms with Crippen molar-refractivity contribution in [1.29, 1.82) is 0 Å². The van der Waals surface area contributed by atoms with Crippen LogP contribution in [0.2, 0.25) is 0 Å². The molecule has 6 nitrogen and oxygen atoms in total. The number of rotatable bonds is 6. The van der Waals surface area contributed by atoms with Crippen LogP contribution in [0.25, 0.3) is 10.8 Å². The molecule has 0 aromatic heterocycles. The Bertz CT molecular complexity index is 1180. The average Bonchev–Trinajstić information content (AvgIpc) is 3.33. The third-order valence-electron chi connectivity index (χ3n) is 5.44. The number of fused-ring (bicyclic) bond motifs is 1. The fourth-order valence-corrected chi connectivity index (χ4v) is 5.36. The first-order valence-corrected chi connectivity index (χ1v) is 11.4. The van der Waals surface area contributed by atoms with Crippen LogP contribution < -0.4 is 10.1 Å². The van der Waals surface area contributed by atoms with E-state index in [2.05, 4.69) is 5.32 Å². The van der Waals surface area contributed by atoms with Crippen molar-refractivity contribution in [2.45, 2.75) is 24.3 Å². The Labute approximate surface area is 176 Å². The molecule has 1 saturated heterocycles. The molecule has 0 atom stereocenters. The van der Waals surface area contributed by atoms with Crippen LogP contribution >= 0.6 is 0 Å². The van der Waals surface area contributed by atoms with Crippen molar-refractivity contribution in [3.05, 3.63) is 71.8 Å². The van der Waals surface area contributed by atoms with Crippen molar-refractivity contribution >= 4 is 26.7 Å². The minimum Gasteiger partial charge on any atom is -0.496 e. The minimum atomic E-state index is -3.62. The van der Waals surface area contributed by atoms with Gasteiger partial charge in [0.1, 0.15) is 5.75 Å². The smallest absolute Gasteiger partial charge is 0.255 e. The molecule has 1 fully saturated rings. The number of hydrogen-bond donors (Lipinski definition) is 1. The summed E-state index contributed by atoms with van der Waals surface area (Å²) in [5.74, 6) is -0.0379. The Balaban J connectivity index is 1.60. The van der Waals surface area contributed by atoms with Gasteiger partial charge in [-0.05, 0) is 47.4 Å². The van der Waals surface area contributed by atoms with Crippen molar-refractivity contribution in [3.63, 3.8) is 0 Å². The molecule has 7 heteroatoms. The first-order chi connectivity index (χ1) is 14.5. The molecule has 30 heavy (non-hydrogen) atoms. The lowest BCUT2D eigenvalue weighted by atomic mass is 10.0. The molecule has 0 unspecified atom stereocenters. The standard InChI is InChI=1S/C23H24N2O4S/c1-29-22-12-11-19(30(27,28)25-13-4-5-14-25)15-21(22)23(26)24-16-18-9-6-8-17-7-2-3-10-20(17)18/h2-3,6-12,15H,4-5,13-14,16H2,1H3,(H,24,26). The molecule has 1 heterocycles. The Kier molecular flexibility index (Phi) is 5.74. The zero-order chi connectivity index (χ0) is 21.1. The summed E-state index contributed by atoms with van der Waals surface area (Å²) in [6.45, 7) is 1.35. The molecule has 0 radical (unpaired) electrons.